The molecule has 0 atom stereocenters. The monoisotopic (exact) mass is 241 g/mol. The molecule has 0 aliphatic heterocycles. The van der Waals surface area contributed by atoms with Crippen LogP contribution >= 0.6 is 0 Å². The van der Waals surface area contributed by atoms with Crippen molar-refractivity contribution in [1.29, 1.82) is 0 Å². The third kappa shape index (κ3) is 1.13. The van der Waals surface area contributed by atoms with Crippen molar-refractivity contribution in [1.82, 2.24) is 0 Å². The molecule has 0 fully saturated rings. The molecule has 0 spiro atoms. The maximum atomic E-state index is 11.3. The van der Waals surface area contributed by atoms with Crippen molar-refractivity contribution in [2.45, 2.75) is 0 Å². The molecular weight excluding hydrogens is 230 g/mol. The Bertz CT molecular complexity index is 748. The number of carboxylic acids is 1. The van der Waals surface area contributed by atoms with Crippen LogP contribution in [0.1, 0.15) is 11.1 Å². The molecule has 0 saturated heterocycles. The Morgan fingerprint density at radius 3 is 2.44 bits per heavy atom. The van der Waals surface area contributed by atoms with Crippen molar-refractivity contribution in [3.8, 4) is 0 Å². The lowest BCUT2D eigenvalue weighted by Gasteiger charge is -2.10. The van der Waals surface area contributed by atoms with E-state index in [0.29, 0.717) is 28.2 Å². The third-order valence-electron chi connectivity index (χ3n) is 3.23. The van der Waals surface area contributed by atoms with Gasteiger partial charge in [-0.25, -0.2) is 4.79 Å². The number of hydrogen-bond acceptors (Lipinski definition) is 4. The van der Waals surface area contributed by atoms with E-state index in [2.05, 4.69) is 0 Å². The second-order valence-electron chi connectivity index (χ2n) is 4.28. The average Bonchev–Trinajstić information content (AvgIpc) is 2.69. The van der Waals surface area contributed by atoms with Crippen molar-refractivity contribution < 1.29 is 9.90 Å². The molecule has 5 heteroatoms. The Hall–Kier alpha value is -2.69. The highest BCUT2D eigenvalue weighted by molar-refractivity contribution is 6.32. The Kier molecular flexibility index (Phi) is 1.84. The fourth-order valence-corrected chi connectivity index (χ4v) is 2.44. The summed E-state index contributed by atoms with van der Waals surface area (Å²) in [4.78, 5) is 11.3. The molecular formula is C13H11N3O2. The molecule has 90 valence electrons. The summed E-state index contributed by atoms with van der Waals surface area (Å²) in [5, 5.41) is 10.7. The lowest BCUT2D eigenvalue weighted by molar-refractivity contribution is -0.130. The molecule has 0 heterocycles. The maximum Gasteiger partial charge on any atom is 0.336 e. The predicted molar refractivity (Wildman–Crippen MR) is 72.7 cm³/mol. The van der Waals surface area contributed by atoms with Crippen molar-refractivity contribution >= 4 is 45.5 Å². The van der Waals surface area contributed by atoms with Crippen LogP contribution in [0.3, 0.4) is 0 Å². The van der Waals surface area contributed by atoms with Gasteiger partial charge in [0.2, 0.25) is 0 Å². The maximum absolute atomic E-state index is 11.3. The number of carboxylic acid groups (broad SMARTS) is 1. The third-order valence-corrected chi connectivity index (χ3v) is 3.23. The molecule has 7 N–H and O–H groups in total. The molecule has 3 rings (SSSR count). The molecule has 5 nitrogen and oxygen atoms in total. The van der Waals surface area contributed by atoms with Gasteiger partial charge >= 0.3 is 5.97 Å². The highest BCUT2D eigenvalue weighted by Gasteiger charge is 2.26. The van der Waals surface area contributed by atoms with Gasteiger partial charge in [-0.1, -0.05) is 6.07 Å². The van der Waals surface area contributed by atoms with Crippen LogP contribution in [-0.4, -0.2) is 11.1 Å². The number of rotatable bonds is 1. The second-order valence-corrected chi connectivity index (χ2v) is 4.28. The number of hydrogen-bond donors (Lipinski definition) is 4. The number of nitrogens with two attached hydrogens (primary N) is 3. The van der Waals surface area contributed by atoms with E-state index in [4.69, 9.17) is 17.2 Å². The van der Waals surface area contributed by atoms with Gasteiger partial charge in [0.15, 0.2) is 0 Å². The van der Waals surface area contributed by atoms with Crippen LogP contribution in [0.5, 0.6) is 0 Å². The first-order chi connectivity index (χ1) is 8.50. The first kappa shape index (κ1) is 10.5. The topological polar surface area (TPSA) is 115 Å². The van der Waals surface area contributed by atoms with Crippen LogP contribution in [0.25, 0.3) is 22.4 Å². The van der Waals surface area contributed by atoms with Crippen molar-refractivity contribution in [3.05, 3.63) is 29.3 Å². The molecule has 0 unspecified atom stereocenters. The van der Waals surface area contributed by atoms with Gasteiger partial charge in [-0.15, -0.1) is 0 Å². The van der Waals surface area contributed by atoms with E-state index in [1.807, 2.05) is 0 Å². The Morgan fingerprint density at radius 1 is 1.06 bits per heavy atom. The van der Waals surface area contributed by atoms with Gasteiger partial charge in [0.1, 0.15) is 0 Å². The van der Waals surface area contributed by atoms with Crippen molar-refractivity contribution in [2.24, 2.45) is 0 Å². The molecule has 2 aromatic carbocycles. The number of aliphatic carboxylic acids is 1. The average molecular weight is 241 g/mol. The normalized spacial score (nSPS) is 12.8. The zero-order chi connectivity index (χ0) is 13.0. The molecule has 0 bridgehead atoms. The van der Waals surface area contributed by atoms with Crippen LogP contribution in [0.4, 0.5) is 17.1 Å². The van der Waals surface area contributed by atoms with Crippen LogP contribution in [0, 0.1) is 0 Å². The van der Waals surface area contributed by atoms with Gasteiger partial charge < -0.3 is 22.3 Å². The standard InChI is InChI=1S/C13H11N3O2/c14-8-2-1-5-9(15)4-10(16)12-7(13(17)18)3-6(8)11(5)12/h1-4H,14-16H2,(H,17,18). The smallest absolute Gasteiger partial charge is 0.336 e. The summed E-state index contributed by atoms with van der Waals surface area (Å²) in [5.74, 6) is -1.02. The summed E-state index contributed by atoms with van der Waals surface area (Å²) in [6.45, 7) is 0. The largest absolute Gasteiger partial charge is 0.478 e. The highest BCUT2D eigenvalue weighted by atomic mass is 16.4. The molecule has 18 heavy (non-hydrogen) atoms. The predicted octanol–water partition coefficient (Wildman–Crippen LogP) is 1.53. The van der Waals surface area contributed by atoms with E-state index in [1.165, 1.54) is 0 Å². The molecule has 0 radical (unpaired) electrons. The minimum atomic E-state index is -1.02. The van der Waals surface area contributed by atoms with Gasteiger partial charge in [0.25, 0.3) is 0 Å². The number of nitrogen functional groups attached to an aromatic ring is 3. The number of anilines is 3. The first-order valence-corrected chi connectivity index (χ1v) is 5.36. The quantitative estimate of drug-likeness (QED) is 0.565. The second kappa shape index (κ2) is 3.16. The molecule has 0 saturated carbocycles. The van der Waals surface area contributed by atoms with Gasteiger partial charge in [0, 0.05) is 39.0 Å². The number of benzene rings is 2. The van der Waals surface area contributed by atoms with Gasteiger partial charge in [0.05, 0.1) is 5.57 Å². The SMILES string of the molecule is Nc1ccc2c(N)cc(N)c3c2c1C=C3C(=O)O. The Morgan fingerprint density at radius 2 is 1.78 bits per heavy atom. The lowest BCUT2D eigenvalue weighted by Crippen LogP contribution is -2.02. The van der Waals surface area contributed by atoms with Crippen LogP contribution in [0.2, 0.25) is 0 Å². The summed E-state index contributed by atoms with van der Waals surface area (Å²) in [6.07, 6.45) is 1.55. The molecule has 1 aliphatic carbocycles. The molecule has 0 aromatic heterocycles. The summed E-state index contributed by atoms with van der Waals surface area (Å²) in [5.41, 5.74) is 20.4. The van der Waals surface area contributed by atoms with Gasteiger partial charge in [-0.2, -0.15) is 0 Å². The van der Waals surface area contributed by atoms with Crippen molar-refractivity contribution in [3.63, 3.8) is 0 Å². The summed E-state index contributed by atoms with van der Waals surface area (Å²) < 4.78 is 0. The fraction of sp³-hybridized carbons (Fsp3) is 0. The minimum Gasteiger partial charge on any atom is -0.478 e. The molecule has 1 aliphatic rings. The van der Waals surface area contributed by atoms with E-state index in [0.717, 1.165) is 10.8 Å². The molecule has 0 amide bonds. The van der Waals surface area contributed by atoms with Crippen LogP contribution in [0.15, 0.2) is 18.2 Å². The fourth-order valence-electron chi connectivity index (χ4n) is 2.44. The lowest BCUT2D eigenvalue weighted by atomic mass is 9.98. The summed E-state index contributed by atoms with van der Waals surface area (Å²) >= 11 is 0. The summed E-state index contributed by atoms with van der Waals surface area (Å²) in [7, 11) is 0. The van der Waals surface area contributed by atoms with E-state index in [1.54, 1.807) is 24.3 Å². The zero-order valence-corrected chi connectivity index (χ0v) is 9.40. The van der Waals surface area contributed by atoms with Crippen molar-refractivity contribution in [2.75, 3.05) is 17.2 Å². The number of carbonyl (C=O) groups is 1. The minimum absolute atomic E-state index is 0.158. The summed E-state index contributed by atoms with van der Waals surface area (Å²) in [6, 6.07) is 5.08. The van der Waals surface area contributed by atoms with E-state index < -0.39 is 5.97 Å². The van der Waals surface area contributed by atoms with E-state index >= 15 is 0 Å². The van der Waals surface area contributed by atoms with Gasteiger partial charge in [-0.3, -0.25) is 0 Å². The van der Waals surface area contributed by atoms with E-state index in [9.17, 15) is 9.90 Å². The van der Waals surface area contributed by atoms with E-state index in [-0.39, 0.29) is 5.57 Å². The molecule has 2 aromatic rings. The van der Waals surface area contributed by atoms with Crippen LogP contribution in [-0.2, 0) is 4.79 Å². The Labute approximate surface area is 102 Å². The first-order valence-electron chi connectivity index (χ1n) is 5.36. The Balaban J connectivity index is 2.55. The highest BCUT2D eigenvalue weighted by Crippen LogP contribution is 2.44. The van der Waals surface area contributed by atoms with Crippen LogP contribution < -0.4 is 17.2 Å². The zero-order valence-electron chi connectivity index (χ0n) is 9.40. The van der Waals surface area contributed by atoms with Gasteiger partial charge in [-0.05, 0) is 18.2 Å².